The van der Waals surface area contributed by atoms with Crippen LogP contribution in [0.25, 0.3) is 16.9 Å². The fourth-order valence-electron chi connectivity index (χ4n) is 3.36. The van der Waals surface area contributed by atoms with Crippen LogP contribution in [0.15, 0.2) is 55.1 Å². The molecule has 0 saturated carbocycles. The predicted octanol–water partition coefficient (Wildman–Crippen LogP) is 2.47. The number of carbonyl (C=O) groups excluding carboxylic acids is 1. The molecule has 4 heterocycles. The molecular formula is C21H18FN9O. The van der Waals surface area contributed by atoms with Crippen molar-refractivity contribution in [3.63, 3.8) is 0 Å². The Balaban J connectivity index is 1.38. The molecule has 0 aliphatic carbocycles. The van der Waals surface area contributed by atoms with E-state index in [1.807, 2.05) is 20.0 Å². The van der Waals surface area contributed by atoms with E-state index in [0.29, 0.717) is 11.2 Å². The van der Waals surface area contributed by atoms with E-state index in [2.05, 4.69) is 30.6 Å². The lowest BCUT2D eigenvalue weighted by molar-refractivity contribution is 0.102. The number of anilines is 1. The highest BCUT2D eigenvalue weighted by Crippen LogP contribution is 2.23. The molecule has 5 rings (SSSR count). The highest BCUT2D eigenvalue weighted by Gasteiger charge is 2.17. The molecule has 1 aromatic carbocycles. The van der Waals surface area contributed by atoms with Crippen molar-refractivity contribution in [2.75, 3.05) is 5.32 Å². The molecule has 1 N–H and O–H groups in total. The SMILES string of the molecule is Cc1c(-c2ccnc3cc(C(=O)Nc4ncn(Cc5ccccc5F)n4)nn23)cnn1C. The number of aryl methyl sites for hydroxylation is 1. The van der Waals surface area contributed by atoms with Crippen LogP contribution >= 0.6 is 0 Å². The van der Waals surface area contributed by atoms with Crippen LogP contribution in [-0.4, -0.2) is 45.1 Å². The van der Waals surface area contributed by atoms with Crippen molar-refractivity contribution >= 4 is 17.5 Å². The summed E-state index contributed by atoms with van der Waals surface area (Å²) in [5.74, 6) is -0.710. The first-order chi connectivity index (χ1) is 15.5. The number of aromatic nitrogens is 8. The molecule has 4 aromatic heterocycles. The Labute approximate surface area is 181 Å². The average molecular weight is 431 g/mol. The number of carbonyl (C=O) groups is 1. The minimum Gasteiger partial charge on any atom is -0.288 e. The Kier molecular flexibility index (Phi) is 4.70. The maximum absolute atomic E-state index is 13.8. The minimum absolute atomic E-state index is 0.0969. The van der Waals surface area contributed by atoms with E-state index in [1.165, 1.54) is 17.1 Å². The molecule has 5 aromatic rings. The van der Waals surface area contributed by atoms with Gasteiger partial charge in [-0.3, -0.25) is 14.8 Å². The van der Waals surface area contributed by atoms with E-state index in [1.54, 1.807) is 45.9 Å². The molecule has 11 heteroatoms. The highest BCUT2D eigenvalue weighted by atomic mass is 19.1. The van der Waals surface area contributed by atoms with Gasteiger partial charge in [0.1, 0.15) is 12.1 Å². The molecule has 0 radical (unpaired) electrons. The van der Waals surface area contributed by atoms with Crippen molar-refractivity contribution in [2.24, 2.45) is 7.05 Å². The summed E-state index contributed by atoms with van der Waals surface area (Å²) in [5.41, 5.74) is 3.78. The largest absolute Gasteiger partial charge is 0.288 e. The third kappa shape index (κ3) is 3.49. The maximum atomic E-state index is 13.8. The molecule has 0 saturated heterocycles. The summed E-state index contributed by atoms with van der Waals surface area (Å²) < 4.78 is 18.7. The van der Waals surface area contributed by atoms with Gasteiger partial charge in [0.2, 0.25) is 5.95 Å². The number of amides is 1. The van der Waals surface area contributed by atoms with Crippen LogP contribution in [0.3, 0.4) is 0 Å². The molecule has 0 aliphatic rings. The molecule has 1 amide bonds. The minimum atomic E-state index is -0.479. The normalized spacial score (nSPS) is 11.2. The molecule has 160 valence electrons. The first kappa shape index (κ1) is 19.5. The lowest BCUT2D eigenvalue weighted by Crippen LogP contribution is -2.14. The molecule has 0 aliphatic heterocycles. The molecule has 0 spiro atoms. The number of nitrogens with one attached hydrogen (secondary N) is 1. The Bertz CT molecular complexity index is 1450. The second-order valence-corrected chi connectivity index (χ2v) is 7.21. The zero-order valence-corrected chi connectivity index (χ0v) is 17.3. The van der Waals surface area contributed by atoms with Crippen LogP contribution in [-0.2, 0) is 13.6 Å². The van der Waals surface area contributed by atoms with Gasteiger partial charge in [0, 0.05) is 36.1 Å². The molecule has 32 heavy (non-hydrogen) atoms. The Hall–Kier alpha value is -4.41. The molecule has 0 atom stereocenters. The summed E-state index contributed by atoms with van der Waals surface area (Å²) in [7, 11) is 1.86. The van der Waals surface area contributed by atoms with Gasteiger partial charge in [-0.2, -0.15) is 10.2 Å². The van der Waals surface area contributed by atoms with Gasteiger partial charge in [-0.05, 0) is 19.1 Å². The van der Waals surface area contributed by atoms with E-state index >= 15 is 0 Å². The topological polar surface area (TPSA) is 108 Å². The summed E-state index contributed by atoms with van der Waals surface area (Å²) >= 11 is 0. The third-order valence-corrected chi connectivity index (χ3v) is 5.15. The quantitative estimate of drug-likeness (QED) is 0.458. The lowest BCUT2D eigenvalue weighted by atomic mass is 10.2. The van der Waals surface area contributed by atoms with Gasteiger partial charge in [-0.1, -0.05) is 18.2 Å². The number of nitrogens with zero attached hydrogens (tertiary/aromatic N) is 8. The first-order valence-corrected chi connectivity index (χ1v) is 9.77. The standard InChI is InChI=1S/C21H18FN9O/c1-13-15(10-25-29(13)2)18-7-8-23-19-9-17(27-31(18)19)20(32)26-21-24-12-30(28-21)11-14-5-3-4-6-16(14)22/h3-10,12H,11H2,1-2H3,(H,26,28,32). The summed E-state index contributed by atoms with van der Waals surface area (Å²) in [6.45, 7) is 2.15. The summed E-state index contributed by atoms with van der Waals surface area (Å²) in [4.78, 5) is 21.1. The summed E-state index contributed by atoms with van der Waals surface area (Å²) in [6.07, 6.45) is 4.83. The van der Waals surface area contributed by atoms with Gasteiger partial charge in [0.15, 0.2) is 11.3 Å². The second kappa shape index (κ2) is 7.69. The Morgan fingerprint density at radius 2 is 2.00 bits per heavy atom. The fourth-order valence-corrected chi connectivity index (χ4v) is 3.36. The van der Waals surface area contributed by atoms with E-state index in [9.17, 15) is 9.18 Å². The third-order valence-electron chi connectivity index (χ3n) is 5.15. The zero-order valence-electron chi connectivity index (χ0n) is 17.3. The van der Waals surface area contributed by atoms with Crippen molar-refractivity contribution in [1.29, 1.82) is 0 Å². The summed E-state index contributed by atoms with van der Waals surface area (Å²) in [5, 5.41) is 15.5. The van der Waals surface area contributed by atoms with Crippen LogP contribution in [0.1, 0.15) is 21.7 Å². The highest BCUT2D eigenvalue weighted by molar-refractivity contribution is 6.02. The van der Waals surface area contributed by atoms with Crippen LogP contribution in [0, 0.1) is 12.7 Å². The zero-order chi connectivity index (χ0) is 22.2. The summed E-state index contributed by atoms with van der Waals surface area (Å²) in [6, 6.07) is 9.82. The van der Waals surface area contributed by atoms with E-state index in [4.69, 9.17) is 0 Å². The average Bonchev–Trinajstić information content (AvgIpc) is 3.49. The van der Waals surface area contributed by atoms with Gasteiger partial charge in [-0.25, -0.2) is 23.6 Å². The van der Waals surface area contributed by atoms with Crippen LogP contribution < -0.4 is 5.32 Å². The number of halogens is 1. The lowest BCUT2D eigenvalue weighted by Gasteiger charge is -2.03. The van der Waals surface area contributed by atoms with E-state index in [0.717, 1.165) is 17.0 Å². The Morgan fingerprint density at radius 3 is 2.78 bits per heavy atom. The number of rotatable bonds is 5. The van der Waals surface area contributed by atoms with Gasteiger partial charge in [0.05, 0.1) is 18.4 Å². The van der Waals surface area contributed by atoms with Crippen LogP contribution in [0.2, 0.25) is 0 Å². The van der Waals surface area contributed by atoms with Gasteiger partial charge >= 0.3 is 0 Å². The second-order valence-electron chi connectivity index (χ2n) is 7.21. The molecule has 0 bridgehead atoms. The molecule has 10 nitrogen and oxygen atoms in total. The first-order valence-electron chi connectivity index (χ1n) is 9.77. The fraction of sp³-hybridized carbons (Fsp3) is 0.143. The van der Waals surface area contributed by atoms with Crippen molar-refractivity contribution in [3.8, 4) is 11.3 Å². The monoisotopic (exact) mass is 431 g/mol. The smallest absolute Gasteiger partial charge is 0.278 e. The Morgan fingerprint density at radius 1 is 1.16 bits per heavy atom. The number of hydrogen-bond acceptors (Lipinski definition) is 6. The van der Waals surface area contributed by atoms with Gasteiger partial charge in [0.25, 0.3) is 5.91 Å². The van der Waals surface area contributed by atoms with Crippen LogP contribution in [0.4, 0.5) is 10.3 Å². The predicted molar refractivity (Wildman–Crippen MR) is 113 cm³/mol. The van der Waals surface area contributed by atoms with Crippen molar-refractivity contribution in [2.45, 2.75) is 13.5 Å². The van der Waals surface area contributed by atoms with E-state index in [-0.39, 0.29) is 24.0 Å². The molecule has 0 fully saturated rings. The van der Waals surface area contributed by atoms with Crippen molar-refractivity contribution in [3.05, 3.63) is 77.9 Å². The number of fused-ring (bicyclic) bond motifs is 1. The van der Waals surface area contributed by atoms with Gasteiger partial charge < -0.3 is 0 Å². The van der Waals surface area contributed by atoms with Crippen molar-refractivity contribution < 1.29 is 9.18 Å². The van der Waals surface area contributed by atoms with Crippen LogP contribution in [0.5, 0.6) is 0 Å². The van der Waals surface area contributed by atoms with Crippen molar-refractivity contribution in [1.82, 2.24) is 39.1 Å². The number of hydrogen-bond donors (Lipinski definition) is 1. The molecule has 0 unspecified atom stereocenters. The molecular weight excluding hydrogens is 413 g/mol. The van der Waals surface area contributed by atoms with Gasteiger partial charge in [-0.15, -0.1) is 5.10 Å². The maximum Gasteiger partial charge on any atom is 0.278 e. The number of benzene rings is 1. The van der Waals surface area contributed by atoms with E-state index < -0.39 is 5.91 Å².